The Labute approximate surface area is 81.4 Å². The van der Waals surface area contributed by atoms with Crippen molar-refractivity contribution in [2.45, 2.75) is 25.3 Å². The van der Waals surface area contributed by atoms with Gasteiger partial charge in [0.1, 0.15) is 0 Å². The predicted molar refractivity (Wildman–Crippen MR) is 47.1 cm³/mol. The Hall–Kier alpha value is -0.710. The van der Waals surface area contributed by atoms with E-state index in [4.69, 9.17) is 0 Å². The molecule has 2 heterocycles. The van der Waals surface area contributed by atoms with Gasteiger partial charge in [0.05, 0.1) is 0 Å². The maximum absolute atomic E-state index is 12.3. The summed E-state index contributed by atoms with van der Waals surface area (Å²) in [5.74, 6) is -0.616. The van der Waals surface area contributed by atoms with E-state index in [1.165, 1.54) is 4.90 Å². The largest absolute Gasteiger partial charge is 0.333 e. The lowest BCUT2D eigenvalue weighted by Gasteiger charge is -2.36. The van der Waals surface area contributed by atoms with Gasteiger partial charge in [-0.3, -0.25) is 4.79 Å². The Bertz CT molecular complexity index is 235. The van der Waals surface area contributed by atoms with Crippen molar-refractivity contribution in [3.8, 4) is 0 Å². The number of carbonyl (C=O) groups excluding carboxylic acids is 1. The zero-order chi connectivity index (χ0) is 10.1. The lowest BCUT2D eigenvalue weighted by Crippen LogP contribution is -2.50. The van der Waals surface area contributed by atoms with Crippen LogP contribution in [-0.4, -0.2) is 42.9 Å². The molecule has 2 aliphatic heterocycles. The highest BCUT2D eigenvalue weighted by Crippen LogP contribution is 2.27. The molecule has 2 fully saturated rings. The lowest BCUT2D eigenvalue weighted by molar-refractivity contribution is -0.147. The van der Waals surface area contributed by atoms with Crippen LogP contribution in [0, 0.1) is 5.92 Å². The first-order chi connectivity index (χ1) is 6.70. The number of nitrogens with zero attached hydrogens (tertiary/aromatic N) is 1. The number of hydrogen-bond acceptors (Lipinski definition) is 2. The van der Waals surface area contributed by atoms with Gasteiger partial charge >= 0.3 is 6.43 Å². The van der Waals surface area contributed by atoms with Gasteiger partial charge in [0.15, 0.2) is 0 Å². The fraction of sp³-hybridized carbons (Fsp3) is 0.889. The average Bonchev–Trinajstić information content (AvgIpc) is 2.63. The summed E-state index contributed by atoms with van der Waals surface area (Å²) in [6.45, 7) is 2.02. The van der Waals surface area contributed by atoms with Gasteiger partial charge in [-0.1, -0.05) is 0 Å². The van der Waals surface area contributed by atoms with Gasteiger partial charge < -0.3 is 10.2 Å². The molecule has 0 unspecified atom stereocenters. The average molecular weight is 204 g/mol. The van der Waals surface area contributed by atoms with E-state index < -0.39 is 12.3 Å². The van der Waals surface area contributed by atoms with E-state index in [2.05, 4.69) is 5.32 Å². The minimum atomic E-state index is -2.85. The molecule has 0 saturated carbocycles. The third-order valence-corrected chi connectivity index (χ3v) is 3.15. The first-order valence-corrected chi connectivity index (χ1v) is 4.99. The number of piperidine rings is 1. The second kappa shape index (κ2) is 3.81. The molecule has 0 aromatic heterocycles. The molecule has 0 spiro atoms. The zero-order valence-electron chi connectivity index (χ0n) is 7.88. The Morgan fingerprint density at radius 3 is 2.93 bits per heavy atom. The first-order valence-electron chi connectivity index (χ1n) is 4.99. The van der Waals surface area contributed by atoms with Crippen molar-refractivity contribution in [2.24, 2.45) is 5.92 Å². The number of nitrogens with one attached hydrogen (secondary N) is 1. The fourth-order valence-corrected chi connectivity index (χ4v) is 2.47. The molecule has 2 rings (SSSR count). The topological polar surface area (TPSA) is 32.3 Å². The third-order valence-electron chi connectivity index (χ3n) is 3.15. The van der Waals surface area contributed by atoms with Crippen molar-refractivity contribution in [2.75, 3.05) is 19.6 Å². The van der Waals surface area contributed by atoms with Crippen LogP contribution in [0.3, 0.4) is 0 Å². The van der Waals surface area contributed by atoms with Crippen LogP contribution in [0.4, 0.5) is 8.78 Å². The summed E-state index contributed by atoms with van der Waals surface area (Å²) in [7, 11) is 0. The van der Waals surface area contributed by atoms with Gasteiger partial charge in [-0.05, 0) is 18.8 Å². The Morgan fingerprint density at radius 1 is 1.43 bits per heavy atom. The van der Waals surface area contributed by atoms with Crippen molar-refractivity contribution >= 4 is 5.91 Å². The van der Waals surface area contributed by atoms with E-state index >= 15 is 0 Å². The molecule has 0 radical (unpaired) electrons. The van der Waals surface area contributed by atoms with Crippen LogP contribution in [0.1, 0.15) is 12.8 Å². The summed E-state index contributed by atoms with van der Waals surface area (Å²) >= 11 is 0. The third kappa shape index (κ3) is 1.61. The standard InChI is InChI=1S/C9H14F2N2O/c10-8(11)9(14)13-3-1-2-6-4-12-5-7(6)13/h6-8,12H,1-5H2/t6-,7+/m1/s1. The summed E-state index contributed by atoms with van der Waals surface area (Å²) in [5.41, 5.74) is 0. The summed E-state index contributed by atoms with van der Waals surface area (Å²) in [6, 6.07) is 0.00486. The Balaban J connectivity index is 2.06. The van der Waals surface area contributed by atoms with Gasteiger partial charge in [0.25, 0.3) is 5.91 Å². The molecule has 1 N–H and O–H groups in total. The molecule has 3 nitrogen and oxygen atoms in total. The van der Waals surface area contributed by atoms with E-state index in [0.29, 0.717) is 19.0 Å². The minimum absolute atomic E-state index is 0.00486. The molecule has 5 heteroatoms. The number of hydrogen-bond donors (Lipinski definition) is 1. The molecule has 1 amide bonds. The number of rotatable bonds is 1. The highest BCUT2D eigenvalue weighted by atomic mass is 19.3. The van der Waals surface area contributed by atoms with E-state index in [9.17, 15) is 13.6 Å². The van der Waals surface area contributed by atoms with Crippen LogP contribution in [0.5, 0.6) is 0 Å². The number of fused-ring (bicyclic) bond motifs is 1. The van der Waals surface area contributed by atoms with Crippen LogP contribution in [0.25, 0.3) is 0 Å². The Morgan fingerprint density at radius 2 is 2.21 bits per heavy atom. The monoisotopic (exact) mass is 204 g/mol. The minimum Gasteiger partial charge on any atom is -0.333 e. The molecule has 0 bridgehead atoms. The molecular weight excluding hydrogens is 190 g/mol. The van der Waals surface area contributed by atoms with Crippen molar-refractivity contribution in [3.63, 3.8) is 0 Å². The van der Waals surface area contributed by atoms with Crippen LogP contribution in [0.2, 0.25) is 0 Å². The van der Waals surface area contributed by atoms with E-state index in [0.717, 1.165) is 19.4 Å². The number of alkyl halides is 2. The molecule has 14 heavy (non-hydrogen) atoms. The quantitative estimate of drug-likeness (QED) is 0.673. The maximum Gasteiger partial charge on any atom is 0.315 e. The van der Waals surface area contributed by atoms with E-state index in [1.54, 1.807) is 0 Å². The highest BCUT2D eigenvalue weighted by Gasteiger charge is 2.39. The molecule has 2 saturated heterocycles. The van der Waals surface area contributed by atoms with Gasteiger partial charge in [-0.25, -0.2) is 0 Å². The van der Waals surface area contributed by atoms with Crippen LogP contribution in [-0.2, 0) is 4.79 Å². The number of halogens is 2. The fourth-order valence-electron chi connectivity index (χ4n) is 2.47. The van der Waals surface area contributed by atoms with Gasteiger partial charge in [-0.15, -0.1) is 0 Å². The van der Waals surface area contributed by atoms with Gasteiger partial charge in [-0.2, -0.15) is 8.78 Å². The molecule has 0 aromatic rings. The Kier molecular flexibility index (Phi) is 2.67. The SMILES string of the molecule is O=C(C(F)F)N1CCC[C@@H]2CNC[C@@H]21. The summed E-state index contributed by atoms with van der Waals surface area (Å²) in [5, 5.41) is 3.15. The summed E-state index contributed by atoms with van der Waals surface area (Å²) in [4.78, 5) is 12.5. The molecular formula is C9H14F2N2O. The van der Waals surface area contributed by atoms with Crippen LogP contribution in [0.15, 0.2) is 0 Å². The second-order valence-corrected chi connectivity index (χ2v) is 3.96. The number of likely N-dealkylation sites (tertiary alicyclic amines) is 1. The van der Waals surface area contributed by atoms with Crippen molar-refractivity contribution < 1.29 is 13.6 Å². The van der Waals surface area contributed by atoms with Crippen LogP contribution >= 0.6 is 0 Å². The van der Waals surface area contributed by atoms with Gasteiger partial charge in [0.2, 0.25) is 0 Å². The van der Waals surface area contributed by atoms with E-state index in [1.807, 2.05) is 0 Å². The van der Waals surface area contributed by atoms with Crippen molar-refractivity contribution in [1.29, 1.82) is 0 Å². The normalized spacial score (nSPS) is 32.1. The van der Waals surface area contributed by atoms with E-state index in [-0.39, 0.29) is 6.04 Å². The summed E-state index contributed by atoms with van der Waals surface area (Å²) in [6.07, 6.45) is -0.958. The summed E-state index contributed by atoms with van der Waals surface area (Å²) < 4.78 is 24.5. The number of amides is 1. The highest BCUT2D eigenvalue weighted by molar-refractivity contribution is 5.79. The molecule has 0 aromatic carbocycles. The smallest absolute Gasteiger partial charge is 0.315 e. The van der Waals surface area contributed by atoms with Gasteiger partial charge in [0, 0.05) is 25.7 Å². The maximum atomic E-state index is 12.3. The zero-order valence-corrected chi connectivity index (χ0v) is 7.88. The molecule has 80 valence electrons. The van der Waals surface area contributed by atoms with Crippen molar-refractivity contribution in [1.82, 2.24) is 10.2 Å². The lowest BCUT2D eigenvalue weighted by atomic mass is 9.92. The molecule has 2 atom stereocenters. The van der Waals surface area contributed by atoms with Crippen LogP contribution < -0.4 is 5.32 Å². The number of carbonyl (C=O) groups is 1. The predicted octanol–water partition coefficient (Wildman–Crippen LogP) is 0.462. The van der Waals surface area contributed by atoms with Crippen molar-refractivity contribution in [3.05, 3.63) is 0 Å². The first kappa shape index (κ1) is 9.83. The second-order valence-electron chi connectivity index (χ2n) is 3.96. The molecule has 0 aliphatic carbocycles. The molecule has 2 aliphatic rings.